The molecule has 1 aromatic rings. The third-order valence-corrected chi connectivity index (χ3v) is 8.10. The van der Waals surface area contributed by atoms with Gasteiger partial charge in [-0.05, 0) is 54.5 Å². The summed E-state index contributed by atoms with van der Waals surface area (Å²) in [5, 5.41) is 0. The van der Waals surface area contributed by atoms with Gasteiger partial charge in [-0.3, -0.25) is 0 Å². The summed E-state index contributed by atoms with van der Waals surface area (Å²) in [4.78, 5) is 2.89. The summed E-state index contributed by atoms with van der Waals surface area (Å²) in [5.74, 6) is 0.751. The van der Waals surface area contributed by atoms with Gasteiger partial charge in [0.2, 0.25) is 10.0 Å². The van der Waals surface area contributed by atoms with Crippen LogP contribution in [-0.4, -0.2) is 50.3 Å². The molecule has 0 aliphatic carbocycles. The minimum absolute atomic E-state index is 0.190. The Morgan fingerprint density at radius 1 is 1.08 bits per heavy atom. The average molecular weight is 366 g/mol. The van der Waals surface area contributed by atoms with Crippen molar-refractivity contribution < 1.29 is 8.42 Å². The lowest BCUT2D eigenvalue weighted by atomic mass is 9.64. The zero-order valence-corrected chi connectivity index (χ0v) is 16.4. The highest BCUT2D eigenvalue weighted by Crippen LogP contribution is 2.45. The molecule has 2 heterocycles. The van der Waals surface area contributed by atoms with E-state index in [-0.39, 0.29) is 5.41 Å². The first-order valence-electron chi connectivity index (χ1n) is 9.33. The number of piperidine rings is 2. The summed E-state index contributed by atoms with van der Waals surface area (Å²) >= 11 is 0. The Balaban J connectivity index is 1.80. The lowest BCUT2D eigenvalue weighted by molar-refractivity contribution is -0.0493. The highest BCUT2D eigenvalue weighted by Gasteiger charge is 2.49. The monoisotopic (exact) mass is 365 g/mol. The molecule has 6 heteroatoms. The predicted molar refractivity (Wildman–Crippen MR) is 102 cm³/mol. The first-order valence-corrected chi connectivity index (χ1v) is 10.8. The normalized spacial score (nSPS) is 27.3. The van der Waals surface area contributed by atoms with E-state index in [1.54, 1.807) is 28.6 Å². The lowest BCUT2D eigenvalue weighted by Gasteiger charge is -2.55. The number of nitrogens with zero attached hydrogens (tertiary/aromatic N) is 2. The van der Waals surface area contributed by atoms with Crippen LogP contribution < -0.4 is 5.73 Å². The summed E-state index contributed by atoms with van der Waals surface area (Å²) in [6, 6.07) is 6.56. The van der Waals surface area contributed by atoms with Crippen molar-refractivity contribution in [2.45, 2.75) is 38.5 Å². The van der Waals surface area contributed by atoms with Crippen LogP contribution >= 0.6 is 0 Å². The molecule has 3 rings (SSSR count). The molecule has 2 aliphatic heterocycles. The van der Waals surface area contributed by atoms with Crippen molar-refractivity contribution in [2.75, 3.05) is 38.5 Å². The molecule has 0 aromatic heterocycles. The zero-order chi connectivity index (χ0) is 18.2. The molecule has 0 saturated carbocycles. The van der Waals surface area contributed by atoms with E-state index in [1.807, 2.05) is 0 Å². The summed E-state index contributed by atoms with van der Waals surface area (Å²) in [6.45, 7) is 11.2. The van der Waals surface area contributed by atoms with Gasteiger partial charge in [0.15, 0.2) is 0 Å². The molecule has 2 N–H and O–H groups in total. The standard InChI is InChI=1S/C19H31N3O2S/c1-4-5-10-21-11-15-13-22(14-16(12-21)19(15,2)3)25(23,24)18-8-6-17(20)7-9-18/h6-9,15-16H,4-5,10-14,20H2,1-3H3. The van der Waals surface area contributed by atoms with Gasteiger partial charge in [0.1, 0.15) is 0 Å². The van der Waals surface area contributed by atoms with E-state index in [0.29, 0.717) is 35.5 Å². The summed E-state index contributed by atoms with van der Waals surface area (Å²) in [5.41, 5.74) is 6.48. The quantitative estimate of drug-likeness (QED) is 0.815. The van der Waals surface area contributed by atoms with Gasteiger partial charge >= 0.3 is 0 Å². The minimum atomic E-state index is -3.45. The highest BCUT2D eigenvalue weighted by atomic mass is 32.2. The molecule has 0 spiro atoms. The van der Waals surface area contributed by atoms with E-state index in [9.17, 15) is 8.42 Å². The second-order valence-corrected chi connectivity index (χ2v) is 10.2. The molecule has 2 atom stereocenters. The Kier molecular flexibility index (Phi) is 5.15. The smallest absolute Gasteiger partial charge is 0.243 e. The number of nitrogens with two attached hydrogens (primary N) is 1. The first-order chi connectivity index (χ1) is 11.7. The molecule has 25 heavy (non-hydrogen) atoms. The van der Waals surface area contributed by atoms with Crippen LogP contribution in [0.1, 0.15) is 33.6 Å². The molecular weight excluding hydrogens is 334 g/mol. The molecule has 2 unspecified atom stereocenters. The van der Waals surface area contributed by atoms with Crippen LogP contribution in [0.15, 0.2) is 29.2 Å². The SMILES string of the molecule is CCCCN1CC2CN(S(=O)(=O)c3ccc(N)cc3)CC(C1)C2(C)C. The van der Waals surface area contributed by atoms with Crippen molar-refractivity contribution in [3.63, 3.8) is 0 Å². The Bertz CT molecular complexity index is 682. The maximum atomic E-state index is 13.1. The molecule has 5 nitrogen and oxygen atoms in total. The van der Waals surface area contributed by atoms with Crippen LogP contribution in [0.4, 0.5) is 5.69 Å². The van der Waals surface area contributed by atoms with Crippen molar-refractivity contribution in [3.8, 4) is 0 Å². The molecule has 0 amide bonds. The summed E-state index contributed by atoms with van der Waals surface area (Å²) in [7, 11) is -3.45. The van der Waals surface area contributed by atoms with Crippen LogP contribution in [0.2, 0.25) is 0 Å². The van der Waals surface area contributed by atoms with E-state index < -0.39 is 10.0 Å². The van der Waals surface area contributed by atoms with Gasteiger partial charge in [-0.1, -0.05) is 27.2 Å². The van der Waals surface area contributed by atoms with Gasteiger partial charge in [-0.15, -0.1) is 0 Å². The summed E-state index contributed by atoms with van der Waals surface area (Å²) < 4.78 is 27.8. The molecule has 2 fully saturated rings. The molecule has 2 aliphatic rings. The maximum Gasteiger partial charge on any atom is 0.243 e. The van der Waals surface area contributed by atoms with Gasteiger partial charge in [0.05, 0.1) is 4.90 Å². The highest BCUT2D eigenvalue weighted by molar-refractivity contribution is 7.89. The maximum absolute atomic E-state index is 13.1. The minimum Gasteiger partial charge on any atom is -0.399 e. The molecule has 1 aromatic carbocycles. The molecule has 140 valence electrons. The molecular formula is C19H31N3O2S. The van der Waals surface area contributed by atoms with Gasteiger partial charge in [-0.2, -0.15) is 4.31 Å². The van der Waals surface area contributed by atoms with Crippen LogP contribution in [0.25, 0.3) is 0 Å². The Hall–Kier alpha value is -1.11. The van der Waals surface area contributed by atoms with Gasteiger partial charge < -0.3 is 10.6 Å². The van der Waals surface area contributed by atoms with Gasteiger partial charge in [0.25, 0.3) is 0 Å². The van der Waals surface area contributed by atoms with E-state index in [2.05, 4.69) is 25.7 Å². The number of anilines is 1. The average Bonchev–Trinajstić information content (AvgIpc) is 2.53. The second kappa shape index (κ2) is 6.89. The van der Waals surface area contributed by atoms with Crippen molar-refractivity contribution in [2.24, 2.45) is 17.3 Å². The van der Waals surface area contributed by atoms with E-state index in [0.717, 1.165) is 19.6 Å². The fourth-order valence-corrected chi connectivity index (χ4v) is 5.73. The predicted octanol–water partition coefficient (Wildman–Crippen LogP) is 2.65. The number of benzene rings is 1. The van der Waals surface area contributed by atoms with Crippen molar-refractivity contribution >= 4 is 15.7 Å². The Labute approximate surface area is 152 Å². The van der Waals surface area contributed by atoms with Crippen molar-refractivity contribution in [1.29, 1.82) is 0 Å². The Morgan fingerprint density at radius 3 is 2.16 bits per heavy atom. The van der Waals surface area contributed by atoms with Gasteiger partial charge in [-0.25, -0.2) is 8.42 Å². The van der Waals surface area contributed by atoms with Gasteiger partial charge in [0, 0.05) is 31.9 Å². The first kappa shape index (κ1) is 18.7. The largest absolute Gasteiger partial charge is 0.399 e. The number of likely N-dealkylation sites (tertiary alicyclic amines) is 1. The number of sulfonamides is 1. The lowest BCUT2D eigenvalue weighted by Crippen LogP contribution is -2.62. The fraction of sp³-hybridized carbons (Fsp3) is 0.684. The number of hydrogen-bond donors (Lipinski definition) is 1. The number of unbranched alkanes of at least 4 members (excludes halogenated alkanes) is 1. The van der Waals surface area contributed by atoms with E-state index >= 15 is 0 Å². The van der Waals surface area contributed by atoms with E-state index in [1.165, 1.54) is 12.8 Å². The van der Waals surface area contributed by atoms with E-state index in [4.69, 9.17) is 5.73 Å². The Morgan fingerprint density at radius 2 is 1.64 bits per heavy atom. The van der Waals surface area contributed by atoms with Crippen molar-refractivity contribution in [1.82, 2.24) is 9.21 Å². The molecule has 2 saturated heterocycles. The molecule has 2 bridgehead atoms. The van der Waals surface area contributed by atoms with Crippen LogP contribution in [-0.2, 0) is 10.0 Å². The topological polar surface area (TPSA) is 66.6 Å². The number of hydrogen-bond acceptors (Lipinski definition) is 4. The summed E-state index contributed by atoms with van der Waals surface area (Å²) in [6.07, 6.45) is 2.42. The second-order valence-electron chi connectivity index (χ2n) is 8.22. The molecule has 0 radical (unpaired) electrons. The third kappa shape index (κ3) is 3.57. The van der Waals surface area contributed by atoms with Crippen LogP contribution in [0.3, 0.4) is 0 Å². The van der Waals surface area contributed by atoms with Crippen LogP contribution in [0.5, 0.6) is 0 Å². The number of fused-ring (bicyclic) bond motifs is 2. The van der Waals surface area contributed by atoms with Crippen molar-refractivity contribution in [3.05, 3.63) is 24.3 Å². The fourth-order valence-electron chi connectivity index (χ4n) is 4.20. The zero-order valence-electron chi connectivity index (χ0n) is 15.6. The van der Waals surface area contributed by atoms with Crippen LogP contribution in [0, 0.1) is 17.3 Å². The number of nitrogen functional groups attached to an aromatic ring is 1. The number of rotatable bonds is 5. The third-order valence-electron chi connectivity index (χ3n) is 6.26.